The molecule has 0 spiro atoms. The van der Waals surface area contributed by atoms with Crippen molar-refractivity contribution in [1.29, 1.82) is 0 Å². The first kappa shape index (κ1) is 22.3. The molecule has 1 amide bonds. The van der Waals surface area contributed by atoms with Gasteiger partial charge >= 0.3 is 0 Å². The number of hydrogen-bond donors (Lipinski definition) is 0. The van der Waals surface area contributed by atoms with E-state index in [1.807, 2.05) is 29.2 Å². The van der Waals surface area contributed by atoms with E-state index in [0.29, 0.717) is 29.0 Å². The van der Waals surface area contributed by atoms with Crippen LogP contribution in [0.3, 0.4) is 0 Å². The van der Waals surface area contributed by atoms with Gasteiger partial charge in [-0.15, -0.1) is 10.2 Å². The molecule has 0 bridgehead atoms. The molecule has 8 heteroatoms. The van der Waals surface area contributed by atoms with Crippen LogP contribution in [0, 0.1) is 5.82 Å². The van der Waals surface area contributed by atoms with Crippen LogP contribution in [0.15, 0.2) is 58.2 Å². The smallest absolute Gasteiger partial charge is 0.277 e. The predicted molar refractivity (Wildman–Crippen MR) is 121 cm³/mol. The first-order valence-corrected chi connectivity index (χ1v) is 11.8. The van der Waals surface area contributed by atoms with Crippen LogP contribution in [-0.4, -0.2) is 39.9 Å². The number of benzene rings is 2. The molecular weight excluding hydrogens is 429 g/mol. The SMILES string of the molecule is COc1ccccc1-c1nnc(SCC(=O)N(Cc2ccc(F)cc2)C2CCCCC2)o1. The van der Waals surface area contributed by atoms with Crippen LogP contribution in [0.1, 0.15) is 37.7 Å². The Morgan fingerprint density at radius 1 is 1.12 bits per heavy atom. The third kappa shape index (κ3) is 5.48. The van der Waals surface area contributed by atoms with Crippen molar-refractivity contribution in [3.05, 3.63) is 59.9 Å². The van der Waals surface area contributed by atoms with Crippen molar-refractivity contribution < 1.29 is 18.3 Å². The standard InChI is InChI=1S/C24H26FN3O3S/c1-30-21-10-6-5-9-20(21)23-26-27-24(31-23)32-16-22(29)28(19-7-3-2-4-8-19)15-17-11-13-18(25)14-12-17/h5-6,9-14,19H,2-4,7-8,15-16H2,1H3. The van der Waals surface area contributed by atoms with Gasteiger partial charge in [-0.05, 0) is 42.7 Å². The van der Waals surface area contributed by atoms with Crippen LogP contribution in [0.25, 0.3) is 11.5 Å². The Morgan fingerprint density at radius 2 is 1.88 bits per heavy atom. The molecule has 4 rings (SSSR count). The predicted octanol–water partition coefficient (Wildman–Crippen LogP) is 5.34. The molecule has 0 unspecified atom stereocenters. The van der Waals surface area contributed by atoms with E-state index >= 15 is 0 Å². The van der Waals surface area contributed by atoms with Gasteiger partial charge in [0, 0.05) is 12.6 Å². The largest absolute Gasteiger partial charge is 0.496 e. The van der Waals surface area contributed by atoms with Crippen molar-refractivity contribution in [2.24, 2.45) is 0 Å². The van der Waals surface area contributed by atoms with E-state index in [4.69, 9.17) is 9.15 Å². The fourth-order valence-corrected chi connectivity index (χ4v) is 4.65. The molecule has 1 heterocycles. The Bertz CT molecular complexity index is 1030. The number of amides is 1. The number of hydrogen-bond acceptors (Lipinski definition) is 6. The summed E-state index contributed by atoms with van der Waals surface area (Å²) in [4.78, 5) is 15.1. The van der Waals surface area contributed by atoms with Crippen LogP contribution >= 0.6 is 11.8 Å². The zero-order chi connectivity index (χ0) is 22.3. The fraction of sp³-hybridized carbons (Fsp3) is 0.375. The van der Waals surface area contributed by atoms with Crippen LogP contribution in [0.4, 0.5) is 4.39 Å². The number of aromatic nitrogens is 2. The van der Waals surface area contributed by atoms with Crippen LogP contribution in [-0.2, 0) is 11.3 Å². The van der Waals surface area contributed by atoms with E-state index in [1.54, 1.807) is 19.2 Å². The lowest BCUT2D eigenvalue weighted by Crippen LogP contribution is -2.41. The number of ether oxygens (including phenoxy) is 1. The van der Waals surface area contributed by atoms with Crippen molar-refractivity contribution in [1.82, 2.24) is 15.1 Å². The minimum absolute atomic E-state index is 0.0169. The highest BCUT2D eigenvalue weighted by atomic mass is 32.2. The number of nitrogens with zero attached hydrogens (tertiary/aromatic N) is 3. The summed E-state index contributed by atoms with van der Waals surface area (Å²) in [5.74, 6) is 0.940. The monoisotopic (exact) mass is 455 g/mol. The molecule has 168 valence electrons. The molecule has 2 aromatic carbocycles. The third-order valence-electron chi connectivity index (χ3n) is 5.66. The summed E-state index contributed by atoms with van der Waals surface area (Å²) in [6.45, 7) is 0.473. The second-order valence-electron chi connectivity index (χ2n) is 7.80. The molecule has 0 aliphatic heterocycles. The van der Waals surface area contributed by atoms with Gasteiger partial charge in [0.1, 0.15) is 11.6 Å². The zero-order valence-corrected chi connectivity index (χ0v) is 18.8. The summed E-state index contributed by atoms with van der Waals surface area (Å²) in [7, 11) is 1.59. The topological polar surface area (TPSA) is 68.5 Å². The van der Waals surface area contributed by atoms with Crippen LogP contribution in [0.5, 0.6) is 5.75 Å². The summed E-state index contributed by atoms with van der Waals surface area (Å²) in [5.41, 5.74) is 1.63. The van der Waals surface area contributed by atoms with E-state index in [0.717, 1.165) is 31.2 Å². The molecule has 6 nitrogen and oxygen atoms in total. The molecule has 32 heavy (non-hydrogen) atoms. The zero-order valence-electron chi connectivity index (χ0n) is 18.0. The Morgan fingerprint density at radius 3 is 2.62 bits per heavy atom. The van der Waals surface area contributed by atoms with Gasteiger partial charge in [0.15, 0.2) is 0 Å². The molecular formula is C24H26FN3O3S. The van der Waals surface area contributed by atoms with Gasteiger partial charge in [-0.25, -0.2) is 4.39 Å². The van der Waals surface area contributed by atoms with Crippen LogP contribution < -0.4 is 4.74 Å². The molecule has 1 aliphatic carbocycles. The average Bonchev–Trinajstić information content (AvgIpc) is 3.31. The van der Waals surface area contributed by atoms with Crippen molar-refractivity contribution >= 4 is 17.7 Å². The lowest BCUT2D eigenvalue weighted by molar-refractivity contribution is -0.132. The molecule has 0 saturated heterocycles. The minimum Gasteiger partial charge on any atom is -0.496 e. The summed E-state index contributed by atoms with van der Waals surface area (Å²) < 4.78 is 24.4. The molecule has 1 saturated carbocycles. The Hall–Kier alpha value is -2.87. The second kappa shape index (κ2) is 10.6. The van der Waals surface area contributed by atoms with Crippen LogP contribution in [0.2, 0.25) is 0 Å². The summed E-state index contributed by atoms with van der Waals surface area (Å²) in [6.07, 6.45) is 5.44. The van der Waals surface area contributed by atoms with E-state index in [9.17, 15) is 9.18 Å². The van der Waals surface area contributed by atoms with Gasteiger partial charge < -0.3 is 14.1 Å². The van der Waals surface area contributed by atoms with Crippen molar-refractivity contribution in [3.8, 4) is 17.2 Å². The van der Waals surface area contributed by atoms with Crippen molar-refractivity contribution in [3.63, 3.8) is 0 Å². The Labute approximate surface area is 191 Å². The molecule has 0 N–H and O–H groups in total. The molecule has 3 aromatic rings. The number of carbonyl (C=O) groups excluding carboxylic acids is 1. The summed E-state index contributed by atoms with van der Waals surface area (Å²) >= 11 is 1.23. The maximum absolute atomic E-state index is 13.3. The molecule has 0 atom stereocenters. The van der Waals surface area contributed by atoms with E-state index in [1.165, 1.54) is 30.3 Å². The number of thioether (sulfide) groups is 1. The van der Waals surface area contributed by atoms with E-state index < -0.39 is 0 Å². The van der Waals surface area contributed by atoms with E-state index in [2.05, 4.69) is 10.2 Å². The average molecular weight is 456 g/mol. The Kier molecular flexibility index (Phi) is 7.42. The fourth-order valence-electron chi connectivity index (χ4n) is 4.00. The summed E-state index contributed by atoms with van der Waals surface area (Å²) in [6, 6.07) is 14.0. The number of methoxy groups -OCH3 is 1. The highest BCUT2D eigenvalue weighted by Crippen LogP contribution is 2.31. The lowest BCUT2D eigenvalue weighted by Gasteiger charge is -2.34. The Balaban J connectivity index is 1.44. The normalized spacial score (nSPS) is 14.3. The molecule has 1 aromatic heterocycles. The highest BCUT2D eigenvalue weighted by molar-refractivity contribution is 7.99. The minimum atomic E-state index is -0.276. The number of para-hydroxylation sites is 1. The first-order chi connectivity index (χ1) is 15.6. The second-order valence-corrected chi connectivity index (χ2v) is 8.73. The highest BCUT2D eigenvalue weighted by Gasteiger charge is 2.26. The number of halogens is 1. The third-order valence-corrected chi connectivity index (χ3v) is 6.47. The maximum atomic E-state index is 13.3. The van der Waals surface area contributed by atoms with Crippen molar-refractivity contribution in [2.45, 2.75) is 49.9 Å². The van der Waals surface area contributed by atoms with Gasteiger partial charge in [-0.2, -0.15) is 0 Å². The quantitative estimate of drug-likeness (QED) is 0.427. The number of rotatable bonds is 8. The van der Waals surface area contributed by atoms with Gasteiger partial charge in [0.05, 0.1) is 18.4 Å². The lowest BCUT2D eigenvalue weighted by atomic mass is 9.94. The van der Waals surface area contributed by atoms with Gasteiger partial charge in [-0.3, -0.25) is 4.79 Å². The van der Waals surface area contributed by atoms with Gasteiger partial charge in [0.2, 0.25) is 5.91 Å². The maximum Gasteiger partial charge on any atom is 0.277 e. The summed E-state index contributed by atoms with van der Waals surface area (Å²) in [5, 5.41) is 8.53. The molecule has 1 aliphatic rings. The number of carbonyl (C=O) groups is 1. The van der Waals surface area contributed by atoms with Crippen molar-refractivity contribution in [2.75, 3.05) is 12.9 Å². The van der Waals surface area contributed by atoms with Gasteiger partial charge in [-0.1, -0.05) is 55.3 Å². The van der Waals surface area contributed by atoms with Gasteiger partial charge in [0.25, 0.3) is 11.1 Å². The molecule has 1 fully saturated rings. The van der Waals surface area contributed by atoms with E-state index in [-0.39, 0.29) is 23.5 Å². The molecule has 0 radical (unpaired) electrons. The first-order valence-electron chi connectivity index (χ1n) is 10.8.